The molecule has 0 saturated heterocycles. The lowest BCUT2D eigenvalue weighted by Crippen LogP contribution is -2.24. The number of imidazole rings is 1. The van der Waals surface area contributed by atoms with E-state index >= 15 is 0 Å². The number of amides is 1. The first-order chi connectivity index (χ1) is 12.6. The first kappa shape index (κ1) is 17.9. The van der Waals surface area contributed by atoms with Crippen molar-refractivity contribution in [1.29, 1.82) is 0 Å². The van der Waals surface area contributed by atoms with Crippen molar-refractivity contribution in [3.05, 3.63) is 89.8 Å². The highest BCUT2D eigenvalue weighted by Gasteiger charge is 2.11. The van der Waals surface area contributed by atoms with E-state index in [4.69, 9.17) is 0 Å². The minimum atomic E-state index is -0.263. The largest absolute Gasteiger partial charge is 0.352 e. The predicted octanol–water partition coefficient (Wildman–Crippen LogP) is 3.88. The Labute approximate surface area is 152 Å². The second kappa shape index (κ2) is 8.43. The van der Waals surface area contributed by atoms with E-state index in [-0.39, 0.29) is 17.6 Å². The molecule has 0 radical (unpaired) electrons. The molecule has 1 unspecified atom stereocenters. The molecule has 0 aliphatic carbocycles. The summed E-state index contributed by atoms with van der Waals surface area (Å²) >= 11 is 0. The molecular weight excluding hydrogens is 329 g/mol. The van der Waals surface area contributed by atoms with Gasteiger partial charge >= 0.3 is 0 Å². The number of halogens is 1. The van der Waals surface area contributed by atoms with Crippen molar-refractivity contribution in [2.75, 3.05) is 0 Å². The molecule has 1 aromatic heterocycles. The van der Waals surface area contributed by atoms with Gasteiger partial charge in [0.05, 0.1) is 6.33 Å². The Morgan fingerprint density at radius 2 is 1.96 bits per heavy atom. The average molecular weight is 351 g/mol. The van der Waals surface area contributed by atoms with E-state index in [9.17, 15) is 9.18 Å². The Morgan fingerprint density at radius 1 is 1.19 bits per heavy atom. The van der Waals surface area contributed by atoms with Crippen molar-refractivity contribution in [3.8, 4) is 0 Å². The normalized spacial score (nSPS) is 11.9. The Kier molecular flexibility index (Phi) is 5.79. The van der Waals surface area contributed by atoms with Gasteiger partial charge in [-0.3, -0.25) is 4.79 Å². The van der Waals surface area contributed by atoms with Crippen LogP contribution >= 0.6 is 0 Å². The summed E-state index contributed by atoms with van der Waals surface area (Å²) in [5.41, 5.74) is 3.18. The average Bonchev–Trinajstić information content (AvgIpc) is 3.14. The van der Waals surface area contributed by atoms with E-state index < -0.39 is 0 Å². The van der Waals surface area contributed by atoms with Gasteiger partial charge in [-0.2, -0.15) is 0 Å². The molecule has 26 heavy (non-hydrogen) atoms. The summed E-state index contributed by atoms with van der Waals surface area (Å²) < 4.78 is 15.0. The molecule has 1 atom stereocenters. The zero-order valence-electron chi connectivity index (χ0n) is 14.7. The molecule has 2 aromatic carbocycles. The van der Waals surface area contributed by atoms with E-state index in [1.54, 1.807) is 24.7 Å². The van der Waals surface area contributed by atoms with Gasteiger partial charge in [0.1, 0.15) is 5.82 Å². The number of hydrogen-bond donors (Lipinski definition) is 1. The van der Waals surface area contributed by atoms with Crippen molar-refractivity contribution in [2.24, 2.45) is 0 Å². The van der Waals surface area contributed by atoms with E-state index in [2.05, 4.69) is 22.4 Å². The summed E-state index contributed by atoms with van der Waals surface area (Å²) in [7, 11) is 0. The van der Waals surface area contributed by atoms with Crippen LogP contribution in [-0.2, 0) is 17.9 Å². The van der Waals surface area contributed by atoms with Crippen LogP contribution in [0.1, 0.15) is 36.0 Å². The quantitative estimate of drug-likeness (QED) is 0.702. The van der Waals surface area contributed by atoms with Crippen LogP contribution < -0.4 is 5.32 Å². The molecule has 0 bridgehead atoms. The lowest BCUT2D eigenvalue weighted by Gasteiger charge is -2.12. The zero-order valence-corrected chi connectivity index (χ0v) is 14.7. The van der Waals surface area contributed by atoms with Crippen molar-refractivity contribution >= 4 is 5.91 Å². The minimum Gasteiger partial charge on any atom is -0.352 e. The molecule has 0 saturated carbocycles. The number of hydrogen-bond acceptors (Lipinski definition) is 2. The number of carbonyl (C=O) groups is 1. The fourth-order valence-electron chi connectivity index (χ4n) is 2.89. The van der Waals surface area contributed by atoms with Crippen molar-refractivity contribution in [2.45, 2.75) is 32.4 Å². The lowest BCUT2D eigenvalue weighted by atomic mass is 9.97. The highest BCUT2D eigenvalue weighted by Crippen LogP contribution is 2.19. The van der Waals surface area contributed by atoms with E-state index in [0.717, 1.165) is 23.2 Å². The van der Waals surface area contributed by atoms with E-state index in [0.29, 0.717) is 13.0 Å². The minimum absolute atomic E-state index is 0.0122. The van der Waals surface area contributed by atoms with Gasteiger partial charge in [0, 0.05) is 31.9 Å². The topological polar surface area (TPSA) is 46.9 Å². The number of rotatable bonds is 7. The van der Waals surface area contributed by atoms with Crippen LogP contribution in [0.5, 0.6) is 0 Å². The number of nitrogens with one attached hydrogen (secondary N) is 1. The molecule has 0 aliphatic heterocycles. The monoisotopic (exact) mass is 351 g/mol. The van der Waals surface area contributed by atoms with Gasteiger partial charge in [-0.15, -0.1) is 0 Å². The number of nitrogens with zero attached hydrogens (tertiary/aromatic N) is 2. The Bertz CT molecular complexity index is 844. The predicted molar refractivity (Wildman–Crippen MR) is 99.0 cm³/mol. The summed E-state index contributed by atoms with van der Waals surface area (Å²) in [6, 6.07) is 14.5. The molecule has 3 rings (SSSR count). The number of benzene rings is 2. The molecule has 3 aromatic rings. The maximum Gasteiger partial charge on any atom is 0.220 e. The second-order valence-electron chi connectivity index (χ2n) is 6.49. The van der Waals surface area contributed by atoms with Crippen LogP contribution in [-0.4, -0.2) is 15.5 Å². The van der Waals surface area contributed by atoms with Crippen LogP contribution in [0.2, 0.25) is 0 Å². The van der Waals surface area contributed by atoms with E-state index in [1.807, 2.05) is 29.8 Å². The Balaban J connectivity index is 1.51. The summed E-state index contributed by atoms with van der Waals surface area (Å²) in [5, 5.41) is 2.96. The fraction of sp³-hybridized carbons (Fsp3) is 0.238. The standard InChI is InChI=1S/C21H22FN3O/c1-16(19-5-7-20(22)8-6-19)11-21(26)24-13-17-3-2-4-18(12-17)14-25-10-9-23-15-25/h2-10,12,15-16H,11,13-14H2,1H3,(H,24,26). The van der Waals surface area contributed by atoms with Crippen LogP contribution in [0, 0.1) is 5.82 Å². The van der Waals surface area contributed by atoms with Crippen LogP contribution in [0.3, 0.4) is 0 Å². The molecule has 0 fully saturated rings. The van der Waals surface area contributed by atoms with E-state index in [1.165, 1.54) is 12.1 Å². The third-order valence-electron chi connectivity index (χ3n) is 4.34. The second-order valence-corrected chi connectivity index (χ2v) is 6.49. The summed E-state index contributed by atoms with van der Waals surface area (Å²) in [6.45, 7) is 3.22. The molecule has 1 N–H and O–H groups in total. The lowest BCUT2D eigenvalue weighted by molar-refractivity contribution is -0.121. The molecule has 5 heteroatoms. The Hall–Kier alpha value is -2.95. The maximum absolute atomic E-state index is 13.0. The summed E-state index contributed by atoms with van der Waals surface area (Å²) in [6.07, 6.45) is 5.84. The highest BCUT2D eigenvalue weighted by atomic mass is 19.1. The number of carbonyl (C=O) groups excluding carboxylic acids is 1. The number of aromatic nitrogens is 2. The van der Waals surface area contributed by atoms with Crippen LogP contribution in [0.4, 0.5) is 4.39 Å². The van der Waals surface area contributed by atoms with Crippen molar-refractivity contribution in [1.82, 2.24) is 14.9 Å². The Morgan fingerprint density at radius 3 is 2.69 bits per heavy atom. The molecule has 4 nitrogen and oxygen atoms in total. The molecule has 1 amide bonds. The van der Waals surface area contributed by atoms with Gasteiger partial charge in [0.2, 0.25) is 5.91 Å². The van der Waals surface area contributed by atoms with Crippen LogP contribution in [0.25, 0.3) is 0 Å². The third kappa shape index (κ3) is 5.02. The third-order valence-corrected chi connectivity index (χ3v) is 4.34. The summed E-state index contributed by atoms with van der Waals surface area (Å²) in [4.78, 5) is 16.3. The van der Waals surface area contributed by atoms with Gasteiger partial charge in [0.25, 0.3) is 0 Å². The van der Waals surface area contributed by atoms with Crippen LogP contribution in [0.15, 0.2) is 67.3 Å². The smallest absolute Gasteiger partial charge is 0.220 e. The van der Waals surface area contributed by atoms with Gasteiger partial charge < -0.3 is 9.88 Å². The molecule has 0 spiro atoms. The zero-order chi connectivity index (χ0) is 18.4. The maximum atomic E-state index is 13.0. The fourth-order valence-corrected chi connectivity index (χ4v) is 2.89. The van der Waals surface area contributed by atoms with Crippen molar-refractivity contribution < 1.29 is 9.18 Å². The van der Waals surface area contributed by atoms with Gasteiger partial charge in [-0.25, -0.2) is 9.37 Å². The van der Waals surface area contributed by atoms with Gasteiger partial charge in [-0.05, 0) is 34.7 Å². The molecule has 1 heterocycles. The SMILES string of the molecule is CC(CC(=O)NCc1cccc(Cn2ccnc2)c1)c1ccc(F)cc1. The molecular formula is C21H22FN3O. The first-order valence-electron chi connectivity index (χ1n) is 8.66. The van der Waals surface area contributed by atoms with Gasteiger partial charge in [-0.1, -0.05) is 43.3 Å². The molecule has 134 valence electrons. The van der Waals surface area contributed by atoms with Gasteiger partial charge in [0.15, 0.2) is 0 Å². The molecule has 0 aliphatic rings. The highest BCUT2D eigenvalue weighted by molar-refractivity contribution is 5.76. The summed E-state index contributed by atoms with van der Waals surface area (Å²) in [5.74, 6) is -0.231. The first-order valence-corrected chi connectivity index (χ1v) is 8.66. The van der Waals surface area contributed by atoms with Crippen molar-refractivity contribution in [3.63, 3.8) is 0 Å².